The van der Waals surface area contributed by atoms with E-state index in [4.69, 9.17) is 10.5 Å². The second-order valence-electron chi connectivity index (χ2n) is 3.83. The molecule has 1 aliphatic rings. The number of methoxy groups -OCH3 is 1. The molecule has 0 radical (unpaired) electrons. The largest absolute Gasteiger partial charge is 0.397 e. The fourth-order valence-corrected chi connectivity index (χ4v) is 1.79. The van der Waals surface area contributed by atoms with Crippen LogP contribution in [0.15, 0.2) is 16.9 Å². The minimum absolute atomic E-state index is 0.0273. The van der Waals surface area contributed by atoms with Gasteiger partial charge in [-0.1, -0.05) is 0 Å². The molecule has 0 spiro atoms. The second-order valence-corrected chi connectivity index (χ2v) is 4.65. The number of rotatable bonds is 4. The number of aromatic nitrogens is 1. The van der Waals surface area contributed by atoms with Crippen LogP contribution in [0.5, 0.6) is 0 Å². The van der Waals surface area contributed by atoms with E-state index < -0.39 is 0 Å². The maximum atomic E-state index is 5.84. The Hall–Kier alpha value is -0.810. The van der Waals surface area contributed by atoms with Crippen molar-refractivity contribution in [3.05, 3.63) is 16.9 Å². The molecule has 0 bridgehead atoms. The van der Waals surface area contributed by atoms with Crippen LogP contribution in [0, 0.1) is 0 Å². The summed E-state index contributed by atoms with van der Waals surface area (Å²) in [5.41, 5.74) is 7.43. The van der Waals surface area contributed by atoms with E-state index in [2.05, 4.69) is 26.2 Å². The first-order chi connectivity index (χ1) is 7.15. The number of anilines is 2. The van der Waals surface area contributed by atoms with Crippen molar-refractivity contribution in [2.75, 3.05) is 24.7 Å². The molecule has 0 saturated heterocycles. The van der Waals surface area contributed by atoms with Crippen LogP contribution >= 0.6 is 15.9 Å². The smallest absolute Gasteiger partial charge is 0.108 e. The van der Waals surface area contributed by atoms with Gasteiger partial charge in [-0.15, -0.1) is 0 Å². The lowest BCUT2D eigenvalue weighted by molar-refractivity contribution is 0.0914. The zero-order valence-electron chi connectivity index (χ0n) is 8.59. The van der Waals surface area contributed by atoms with Crippen molar-refractivity contribution < 1.29 is 4.74 Å². The van der Waals surface area contributed by atoms with Crippen molar-refractivity contribution in [1.29, 1.82) is 0 Å². The molecule has 4 nitrogen and oxygen atoms in total. The Balaban J connectivity index is 1.99. The van der Waals surface area contributed by atoms with Gasteiger partial charge in [0.15, 0.2) is 0 Å². The van der Waals surface area contributed by atoms with Gasteiger partial charge in [0.2, 0.25) is 0 Å². The molecule has 5 heteroatoms. The quantitative estimate of drug-likeness (QED) is 0.823. The molecule has 1 saturated carbocycles. The van der Waals surface area contributed by atoms with Gasteiger partial charge < -0.3 is 15.8 Å². The van der Waals surface area contributed by atoms with Gasteiger partial charge in [-0.25, -0.2) is 4.98 Å². The first-order valence-electron chi connectivity index (χ1n) is 4.85. The topological polar surface area (TPSA) is 60.2 Å². The third-order valence-corrected chi connectivity index (χ3v) is 3.18. The molecule has 2 rings (SSSR count). The van der Waals surface area contributed by atoms with E-state index in [0.717, 1.165) is 29.7 Å². The number of ether oxygens (including phenoxy) is 1. The van der Waals surface area contributed by atoms with Crippen molar-refractivity contribution in [1.82, 2.24) is 4.98 Å². The first kappa shape index (κ1) is 10.7. The van der Waals surface area contributed by atoms with Crippen molar-refractivity contribution in [3.63, 3.8) is 0 Å². The average molecular weight is 272 g/mol. The lowest BCUT2D eigenvalue weighted by Crippen LogP contribution is -2.23. The van der Waals surface area contributed by atoms with Gasteiger partial charge in [-0.2, -0.15) is 0 Å². The average Bonchev–Trinajstić information content (AvgIpc) is 2.97. The third-order valence-electron chi connectivity index (χ3n) is 2.74. The van der Waals surface area contributed by atoms with E-state index in [1.54, 1.807) is 19.4 Å². The summed E-state index contributed by atoms with van der Waals surface area (Å²) >= 11 is 3.27. The predicted molar refractivity (Wildman–Crippen MR) is 63.8 cm³/mol. The summed E-state index contributed by atoms with van der Waals surface area (Å²) < 4.78 is 6.15. The molecule has 1 heterocycles. The SMILES string of the molecule is COC1(CNc2cnc(Br)cc2N)CC1. The van der Waals surface area contributed by atoms with Gasteiger partial charge in [0.05, 0.1) is 23.2 Å². The highest BCUT2D eigenvalue weighted by Gasteiger charge is 2.42. The number of pyridine rings is 1. The highest BCUT2D eigenvalue weighted by Crippen LogP contribution is 2.39. The highest BCUT2D eigenvalue weighted by atomic mass is 79.9. The standard InChI is InChI=1S/C10H14BrN3O/c1-15-10(2-3-10)6-14-8-5-13-9(11)4-7(8)12/h4-5,14H,2-3,6H2,1H3,(H2,12,13). The van der Waals surface area contributed by atoms with Gasteiger partial charge in [0, 0.05) is 13.7 Å². The Kier molecular flexibility index (Phi) is 2.84. The van der Waals surface area contributed by atoms with E-state index in [1.165, 1.54) is 0 Å². The fourth-order valence-electron chi connectivity index (χ4n) is 1.44. The molecule has 15 heavy (non-hydrogen) atoms. The van der Waals surface area contributed by atoms with Gasteiger partial charge >= 0.3 is 0 Å². The Morgan fingerprint density at radius 1 is 1.67 bits per heavy atom. The maximum absolute atomic E-state index is 5.84. The number of nitrogen functional groups attached to an aromatic ring is 1. The fraction of sp³-hybridized carbons (Fsp3) is 0.500. The van der Waals surface area contributed by atoms with Gasteiger partial charge in [-0.3, -0.25) is 0 Å². The number of nitrogens with zero attached hydrogens (tertiary/aromatic N) is 1. The van der Waals surface area contributed by atoms with Crippen LogP contribution in [-0.2, 0) is 4.74 Å². The van der Waals surface area contributed by atoms with Crippen LogP contribution in [0.2, 0.25) is 0 Å². The second kappa shape index (κ2) is 3.98. The van der Waals surface area contributed by atoms with Crippen LogP contribution in [0.25, 0.3) is 0 Å². The molecule has 82 valence electrons. The van der Waals surface area contributed by atoms with Crippen LogP contribution in [0.3, 0.4) is 0 Å². The summed E-state index contributed by atoms with van der Waals surface area (Å²) in [4.78, 5) is 4.12. The number of nitrogens with one attached hydrogen (secondary N) is 1. The number of hydrogen-bond acceptors (Lipinski definition) is 4. The lowest BCUT2D eigenvalue weighted by Gasteiger charge is -2.15. The molecule has 1 aromatic heterocycles. The number of nitrogens with two attached hydrogens (primary N) is 1. The molecule has 0 unspecified atom stereocenters. The van der Waals surface area contributed by atoms with Crippen molar-refractivity contribution in [2.45, 2.75) is 18.4 Å². The molecule has 1 aromatic rings. The normalized spacial score (nSPS) is 17.5. The van der Waals surface area contributed by atoms with Crippen molar-refractivity contribution in [3.8, 4) is 0 Å². The molecular weight excluding hydrogens is 258 g/mol. The van der Waals surface area contributed by atoms with Gasteiger partial charge in [-0.05, 0) is 34.8 Å². The molecule has 0 aliphatic heterocycles. The molecular formula is C10H14BrN3O. The maximum Gasteiger partial charge on any atom is 0.108 e. The van der Waals surface area contributed by atoms with Crippen molar-refractivity contribution in [2.24, 2.45) is 0 Å². The third kappa shape index (κ3) is 2.41. The lowest BCUT2D eigenvalue weighted by atomic mass is 10.3. The molecule has 1 aliphatic carbocycles. The van der Waals surface area contributed by atoms with E-state index in [1.807, 2.05) is 0 Å². The van der Waals surface area contributed by atoms with E-state index in [9.17, 15) is 0 Å². The summed E-state index contributed by atoms with van der Waals surface area (Å²) in [7, 11) is 1.75. The van der Waals surface area contributed by atoms with E-state index in [0.29, 0.717) is 5.69 Å². The van der Waals surface area contributed by atoms with E-state index in [-0.39, 0.29) is 5.60 Å². The van der Waals surface area contributed by atoms with Gasteiger partial charge in [0.1, 0.15) is 4.60 Å². The Morgan fingerprint density at radius 3 is 2.93 bits per heavy atom. The van der Waals surface area contributed by atoms with Crippen LogP contribution < -0.4 is 11.1 Å². The Labute approximate surface area is 97.3 Å². The first-order valence-corrected chi connectivity index (χ1v) is 5.65. The summed E-state index contributed by atoms with van der Waals surface area (Å²) in [6, 6.07) is 1.79. The number of hydrogen-bond donors (Lipinski definition) is 2. The molecule has 0 aromatic carbocycles. The Morgan fingerprint density at radius 2 is 2.40 bits per heavy atom. The summed E-state index contributed by atoms with van der Waals surface area (Å²) in [5, 5.41) is 3.26. The predicted octanol–water partition coefficient (Wildman–Crippen LogP) is 2.02. The molecule has 0 amide bonds. The molecule has 3 N–H and O–H groups in total. The van der Waals surface area contributed by atoms with Crippen LogP contribution in [0.4, 0.5) is 11.4 Å². The summed E-state index contributed by atoms with van der Waals surface area (Å²) in [5.74, 6) is 0. The Bertz CT molecular complexity index is 366. The molecule has 0 atom stereocenters. The zero-order chi connectivity index (χ0) is 10.9. The zero-order valence-corrected chi connectivity index (χ0v) is 10.2. The van der Waals surface area contributed by atoms with Gasteiger partial charge in [0.25, 0.3) is 0 Å². The number of halogens is 1. The van der Waals surface area contributed by atoms with Crippen LogP contribution in [0.1, 0.15) is 12.8 Å². The van der Waals surface area contributed by atoms with E-state index >= 15 is 0 Å². The molecule has 1 fully saturated rings. The minimum atomic E-state index is 0.0273. The monoisotopic (exact) mass is 271 g/mol. The van der Waals surface area contributed by atoms with Crippen LogP contribution in [-0.4, -0.2) is 24.2 Å². The highest BCUT2D eigenvalue weighted by molar-refractivity contribution is 9.10. The summed E-state index contributed by atoms with van der Waals surface area (Å²) in [6.45, 7) is 0.789. The minimum Gasteiger partial charge on any atom is -0.397 e. The van der Waals surface area contributed by atoms with Crippen molar-refractivity contribution >= 4 is 27.3 Å². The summed E-state index contributed by atoms with van der Waals surface area (Å²) in [6.07, 6.45) is 3.95.